The van der Waals surface area contributed by atoms with Gasteiger partial charge >= 0.3 is 17.9 Å². The molecule has 0 unspecified atom stereocenters. The molecular formula is C25H23NO10. The van der Waals surface area contributed by atoms with E-state index in [9.17, 15) is 24.3 Å². The number of furan rings is 1. The summed E-state index contributed by atoms with van der Waals surface area (Å²) in [7, 11) is 2.79. The minimum Gasteiger partial charge on any atom is -0.497 e. The molecule has 0 fully saturated rings. The van der Waals surface area contributed by atoms with E-state index in [1.54, 1.807) is 24.3 Å². The van der Waals surface area contributed by atoms with Gasteiger partial charge in [-0.3, -0.25) is 4.79 Å². The standard InChI is InChI=1S/C25H23NO10/c1-32-17-8-3-6-15(12-17)24(30)35-20(22(27)26-14-19-10-5-11-34-19)21(23(28)29)36-25(31)16-7-4-9-18(13-16)33-2/h3-13,20-21H,14H2,1-2H3,(H,26,27)(H,28,29)/t20-,21-/m0/s1. The van der Waals surface area contributed by atoms with E-state index in [0.717, 1.165) is 0 Å². The highest BCUT2D eigenvalue weighted by molar-refractivity contribution is 5.97. The van der Waals surface area contributed by atoms with Crippen LogP contribution in [0.3, 0.4) is 0 Å². The van der Waals surface area contributed by atoms with Gasteiger partial charge < -0.3 is 33.8 Å². The molecule has 3 aromatic rings. The number of hydrogen-bond acceptors (Lipinski definition) is 9. The molecular weight excluding hydrogens is 474 g/mol. The predicted molar refractivity (Wildman–Crippen MR) is 123 cm³/mol. The summed E-state index contributed by atoms with van der Waals surface area (Å²) in [6.07, 6.45) is -2.82. The number of nitrogens with one attached hydrogen (secondary N) is 1. The van der Waals surface area contributed by atoms with Crippen molar-refractivity contribution in [1.29, 1.82) is 0 Å². The van der Waals surface area contributed by atoms with Gasteiger partial charge in [0.15, 0.2) is 0 Å². The molecule has 11 nitrogen and oxygen atoms in total. The van der Waals surface area contributed by atoms with Crippen LogP contribution in [0, 0.1) is 0 Å². The third kappa shape index (κ3) is 6.63. The molecule has 3 rings (SSSR count). The number of ether oxygens (including phenoxy) is 4. The summed E-state index contributed by atoms with van der Waals surface area (Å²) >= 11 is 0. The average molecular weight is 497 g/mol. The van der Waals surface area contributed by atoms with E-state index in [-0.39, 0.29) is 17.7 Å². The first kappa shape index (κ1) is 25.8. The Kier molecular flexibility index (Phi) is 8.65. The number of methoxy groups -OCH3 is 2. The van der Waals surface area contributed by atoms with E-state index in [1.165, 1.54) is 56.9 Å². The lowest BCUT2D eigenvalue weighted by Crippen LogP contribution is -2.50. The Morgan fingerprint density at radius 1 is 0.833 bits per heavy atom. The zero-order valence-electron chi connectivity index (χ0n) is 19.3. The van der Waals surface area contributed by atoms with Crippen LogP contribution in [0.4, 0.5) is 0 Å². The number of carboxylic acid groups (broad SMARTS) is 1. The number of esters is 2. The van der Waals surface area contributed by atoms with Crippen molar-refractivity contribution in [3.05, 3.63) is 83.8 Å². The number of amides is 1. The van der Waals surface area contributed by atoms with Crippen molar-refractivity contribution in [2.75, 3.05) is 14.2 Å². The monoisotopic (exact) mass is 497 g/mol. The topological polar surface area (TPSA) is 151 Å². The van der Waals surface area contributed by atoms with Crippen molar-refractivity contribution in [2.24, 2.45) is 0 Å². The second-order valence-electron chi connectivity index (χ2n) is 7.25. The first-order valence-electron chi connectivity index (χ1n) is 10.6. The van der Waals surface area contributed by atoms with Gasteiger partial charge in [-0.05, 0) is 48.5 Å². The van der Waals surface area contributed by atoms with Crippen LogP contribution in [0.15, 0.2) is 71.3 Å². The average Bonchev–Trinajstić information content (AvgIpc) is 3.42. The number of carbonyl (C=O) groups is 4. The third-order valence-electron chi connectivity index (χ3n) is 4.87. The summed E-state index contributed by atoms with van der Waals surface area (Å²) in [6, 6.07) is 14.8. The third-order valence-corrected chi connectivity index (χ3v) is 4.87. The van der Waals surface area contributed by atoms with Crippen LogP contribution in [-0.2, 0) is 25.6 Å². The zero-order chi connectivity index (χ0) is 26.1. The molecule has 0 spiro atoms. The van der Waals surface area contributed by atoms with Gasteiger partial charge in [-0.15, -0.1) is 0 Å². The lowest BCUT2D eigenvalue weighted by Gasteiger charge is -2.23. The summed E-state index contributed by atoms with van der Waals surface area (Å²) in [5.74, 6) is -3.80. The van der Waals surface area contributed by atoms with Crippen molar-refractivity contribution in [3.63, 3.8) is 0 Å². The summed E-state index contributed by atoms with van der Waals surface area (Å²) in [5.41, 5.74) is -0.0455. The lowest BCUT2D eigenvalue weighted by molar-refractivity contribution is -0.159. The number of hydrogen-bond donors (Lipinski definition) is 2. The fourth-order valence-electron chi connectivity index (χ4n) is 3.05. The fourth-order valence-corrected chi connectivity index (χ4v) is 3.05. The van der Waals surface area contributed by atoms with E-state index in [1.807, 2.05) is 0 Å². The van der Waals surface area contributed by atoms with E-state index in [0.29, 0.717) is 17.3 Å². The second kappa shape index (κ2) is 12.1. The maximum atomic E-state index is 13.0. The number of carbonyl (C=O) groups excluding carboxylic acids is 3. The quantitative estimate of drug-likeness (QED) is 0.378. The molecule has 1 heterocycles. The van der Waals surface area contributed by atoms with Crippen molar-refractivity contribution < 1.29 is 47.6 Å². The Morgan fingerprint density at radius 3 is 1.86 bits per heavy atom. The normalized spacial score (nSPS) is 12.1. The first-order valence-corrected chi connectivity index (χ1v) is 10.6. The number of aliphatic carboxylic acids is 1. The summed E-state index contributed by atoms with van der Waals surface area (Å²) in [5, 5.41) is 12.2. The molecule has 11 heteroatoms. The molecule has 1 amide bonds. The Balaban J connectivity index is 1.87. The summed E-state index contributed by atoms with van der Waals surface area (Å²) in [4.78, 5) is 50.5. The van der Waals surface area contributed by atoms with Crippen molar-refractivity contribution >= 4 is 23.8 Å². The maximum absolute atomic E-state index is 13.0. The number of carboxylic acids is 1. The fraction of sp³-hybridized carbons (Fsp3) is 0.200. The molecule has 0 aliphatic carbocycles. The molecule has 188 valence electrons. The van der Waals surface area contributed by atoms with Crippen molar-refractivity contribution in [2.45, 2.75) is 18.8 Å². The van der Waals surface area contributed by atoms with Gasteiger partial charge in [-0.1, -0.05) is 12.1 Å². The van der Waals surface area contributed by atoms with E-state index < -0.39 is 36.0 Å². The van der Waals surface area contributed by atoms with E-state index in [2.05, 4.69) is 5.32 Å². The molecule has 36 heavy (non-hydrogen) atoms. The van der Waals surface area contributed by atoms with Crippen molar-refractivity contribution in [3.8, 4) is 11.5 Å². The van der Waals surface area contributed by atoms with Crippen LogP contribution in [-0.4, -0.2) is 55.3 Å². The van der Waals surface area contributed by atoms with Gasteiger partial charge in [0.25, 0.3) is 5.91 Å². The Morgan fingerprint density at radius 2 is 1.39 bits per heavy atom. The zero-order valence-corrected chi connectivity index (χ0v) is 19.3. The van der Waals surface area contributed by atoms with Gasteiger partial charge in [0.2, 0.25) is 12.2 Å². The van der Waals surface area contributed by atoms with Crippen LogP contribution in [0.1, 0.15) is 26.5 Å². The first-order chi connectivity index (χ1) is 17.3. The molecule has 2 aromatic carbocycles. The molecule has 0 saturated carbocycles. The molecule has 2 atom stereocenters. The highest BCUT2D eigenvalue weighted by atomic mass is 16.6. The molecule has 0 radical (unpaired) electrons. The summed E-state index contributed by atoms with van der Waals surface area (Å²) in [6.45, 7) is -0.130. The predicted octanol–water partition coefficient (Wildman–Crippen LogP) is 2.45. The van der Waals surface area contributed by atoms with Crippen LogP contribution < -0.4 is 14.8 Å². The SMILES string of the molecule is COc1cccc(C(=O)O[C@H](C(=O)O)[C@H](OC(=O)c2cccc(OC)c2)C(=O)NCc2ccco2)c1. The van der Waals surface area contributed by atoms with Gasteiger partial charge in [0.05, 0.1) is 38.2 Å². The minimum absolute atomic E-state index is 0.0126. The van der Waals surface area contributed by atoms with Crippen LogP contribution in [0.25, 0.3) is 0 Å². The highest BCUT2D eigenvalue weighted by Gasteiger charge is 2.41. The van der Waals surface area contributed by atoms with E-state index >= 15 is 0 Å². The number of rotatable bonds is 11. The molecule has 2 N–H and O–H groups in total. The maximum Gasteiger partial charge on any atom is 0.349 e. The van der Waals surface area contributed by atoms with Gasteiger partial charge in [0.1, 0.15) is 17.3 Å². The molecule has 1 aromatic heterocycles. The van der Waals surface area contributed by atoms with Crippen LogP contribution >= 0.6 is 0 Å². The van der Waals surface area contributed by atoms with Gasteiger partial charge in [0, 0.05) is 0 Å². The van der Waals surface area contributed by atoms with E-state index in [4.69, 9.17) is 23.4 Å². The van der Waals surface area contributed by atoms with Gasteiger partial charge in [-0.2, -0.15) is 0 Å². The van der Waals surface area contributed by atoms with Gasteiger partial charge in [-0.25, -0.2) is 14.4 Å². The van der Waals surface area contributed by atoms with Crippen molar-refractivity contribution in [1.82, 2.24) is 5.32 Å². The van der Waals surface area contributed by atoms with Crippen LogP contribution in [0.5, 0.6) is 11.5 Å². The highest BCUT2D eigenvalue weighted by Crippen LogP contribution is 2.18. The smallest absolute Gasteiger partial charge is 0.349 e. The Bertz CT molecular complexity index is 1220. The Labute approximate surface area is 205 Å². The second-order valence-corrected chi connectivity index (χ2v) is 7.25. The lowest BCUT2D eigenvalue weighted by atomic mass is 10.1. The summed E-state index contributed by atoms with van der Waals surface area (Å²) < 4.78 is 25.6. The molecule has 0 bridgehead atoms. The van der Waals surface area contributed by atoms with Crippen LogP contribution in [0.2, 0.25) is 0 Å². The Hall–Kier alpha value is -4.80. The molecule has 0 aliphatic rings. The molecule has 0 saturated heterocycles. The largest absolute Gasteiger partial charge is 0.497 e. The number of benzene rings is 2. The minimum atomic E-state index is -2.17. The molecule has 0 aliphatic heterocycles.